The maximum atomic E-state index is 13.5. The second-order valence-corrected chi connectivity index (χ2v) is 5.70. The van der Waals surface area contributed by atoms with E-state index in [9.17, 15) is 9.18 Å². The quantitative estimate of drug-likeness (QED) is 0.931. The van der Waals surface area contributed by atoms with Gasteiger partial charge >= 0.3 is 0 Å². The number of carbonyl (C=O) groups is 1. The number of amides is 1. The maximum Gasteiger partial charge on any atom is 0.253 e. The van der Waals surface area contributed by atoms with Crippen LogP contribution in [-0.2, 0) is 9.53 Å². The zero-order valence-corrected chi connectivity index (χ0v) is 12.1. The highest BCUT2D eigenvalue weighted by molar-refractivity contribution is 5.97. The summed E-state index contributed by atoms with van der Waals surface area (Å²) in [5, 5.41) is 2.84. The highest BCUT2D eigenvalue weighted by atomic mass is 19.1. The SMILES string of the molecule is O=C(Nc1cc(F)ccc1N1CCCCC1)C1CCCO1. The summed E-state index contributed by atoms with van der Waals surface area (Å²) in [5.41, 5.74) is 1.46. The Morgan fingerprint density at radius 1 is 1.24 bits per heavy atom. The number of rotatable bonds is 3. The van der Waals surface area contributed by atoms with Crippen LogP contribution in [0.4, 0.5) is 15.8 Å². The number of benzene rings is 1. The Morgan fingerprint density at radius 2 is 2.05 bits per heavy atom. The molecule has 2 aliphatic rings. The lowest BCUT2D eigenvalue weighted by Gasteiger charge is -2.30. The first kappa shape index (κ1) is 14.3. The molecule has 1 aromatic rings. The standard InChI is InChI=1S/C16H21FN2O2/c17-12-6-7-14(19-8-2-1-3-9-19)13(11-12)18-16(20)15-5-4-10-21-15/h6-7,11,15H,1-5,8-10H2,(H,18,20). The Hall–Kier alpha value is -1.62. The van der Waals surface area contributed by atoms with Crippen LogP contribution in [-0.4, -0.2) is 31.7 Å². The Balaban J connectivity index is 1.78. The van der Waals surface area contributed by atoms with Crippen LogP contribution < -0.4 is 10.2 Å². The van der Waals surface area contributed by atoms with E-state index in [-0.39, 0.29) is 11.7 Å². The van der Waals surface area contributed by atoms with E-state index in [2.05, 4.69) is 10.2 Å². The molecule has 1 unspecified atom stereocenters. The van der Waals surface area contributed by atoms with Crippen LogP contribution in [0.15, 0.2) is 18.2 Å². The topological polar surface area (TPSA) is 41.6 Å². The molecule has 1 aromatic carbocycles. The summed E-state index contributed by atoms with van der Waals surface area (Å²) in [6.07, 6.45) is 4.74. The average Bonchev–Trinajstić information content (AvgIpc) is 3.03. The smallest absolute Gasteiger partial charge is 0.253 e. The Morgan fingerprint density at radius 3 is 2.76 bits per heavy atom. The van der Waals surface area contributed by atoms with E-state index >= 15 is 0 Å². The predicted molar refractivity (Wildman–Crippen MR) is 80.1 cm³/mol. The molecule has 0 saturated carbocycles. The van der Waals surface area contributed by atoms with Gasteiger partial charge in [-0.2, -0.15) is 0 Å². The summed E-state index contributed by atoms with van der Waals surface area (Å²) in [6.45, 7) is 2.53. The summed E-state index contributed by atoms with van der Waals surface area (Å²) in [7, 11) is 0. The molecule has 21 heavy (non-hydrogen) atoms. The van der Waals surface area contributed by atoms with Crippen molar-refractivity contribution in [3.05, 3.63) is 24.0 Å². The lowest BCUT2D eigenvalue weighted by Crippen LogP contribution is -2.32. The van der Waals surface area contributed by atoms with E-state index in [1.54, 1.807) is 6.07 Å². The number of hydrogen-bond donors (Lipinski definition) is 1. The van der Waals surface area contributed by atoms with Crippen molar-refractivity contribution in [1.82, 2.24) is 0 Å². The van der Waals surface area contributed by atoms with Crippen LogP contribution >= 0.6 is 0 Å². The molecule has 114 valence electrons. The van der Waals surface area contributed by atoms with E-state index in [1.807, 2.05) is 0 Å². The van der Waals surface area contributed by atoms with E-state index in [1.165, 1.54) is 18.6 Å². The molecule has 1 amide bonds. The van der Waals surface area contributed by atoms with Gasteiger partial charge in [-0.05, 0) is 50.3 Å². The largest absolute Gasteiger partial charge is 0.370 e. The van der Waals surface area contributed by atoms with Crippen molar-refractivity contribution >= 4 is 17.3 Å². The third-order valence-electron chi connectivity index (χ3n) is 4.14. The lowest BCUT2D eigenvalue weighted by molar-refractivity contribution is -0.124. The monoisotopic (exact) mass is 292 g/mol. The van der Waals surface area contributed by atoms with E-state index < -0.39 is 6.10 Å². The van der Waals surface area contributed by atoms with Crippen molar-refractivity contribution in [2.24, 2.45) is 0 Å². The molecule has 0 spiro atoms. The van der Waals surface area contributed by atoms with Crippen molar-refractivity contribution in [2.45, 2.75) is 38.2 Å². The first-order valence-electron chi connectivity index (χ1n) is 7.71. The molecule has 2 fully saturated rings. The van der Waals surface area contributed by atoms with Crippen LogP contribution in [0.5, 0.6) is 0 Å². The lowest BCUT2D eigenvalue weighted by atomic mass is 10.1. The normalized spacial score (nSPS) is 22.3. The Bertz CT molecular complexity index is 509. The summed E-state index contributed by atoms with van der Waals surface area (Å²) in [6, 6.07) is 4.61. The molecule has 4 nitrogen and oxygen atoms in total. The van der Waals surface area contributed by atoms with Crippen LogP contribution in [0.1, 0.15) is 32.1 Å². The molecule has 0 aromatic heterocycles. The Kier molecular flexibility index (Phi) is 4.39. The zero-order chi connectivity index (χ0) is 14.7. The van der Waals surface area contributed by atoms with Gasteiger partial charge in [0.15, 0.2) is 0 Å². The molecule has 0 bridgehead atoms. The number of nitrogens with zero attached hydrogens (tertiary/aromatic N) is 1. The third kappa shape index (κ3) is 3.35. The number of carbonyl (C=O) groups excluding carboxylic acids is 1. The fraction of sp³-hybridized carbons (Fsp3) is 0.562. The summed E-state index contributed by atoms with van der Waals surface area (Å²) < 4.78 is 18.9. The maximum absolute atomic E-state index is 13.5. The van der Waals surface area contributed by atoms with Gasteiger partial charge in [0.05, 0.1) is 11.4 Å². The van der Waals surface area contributed by atoms with Gasteiger partial charge < -0.3 is 15.0 Å². The molecule has 2 heterocycles. The van der Waals surface area contributed by atoms with Crippen LogP contribution in [0.25, 0.3) is 0 Å². The highest BCUT2D eigenvalue weighted by Gasteiger charge is 2.25. The minimum absolute atomic E-state index is 0.170. The van der Waals surface area contributed by atoms with Gasteiger partial charge in [0.25, 0.3) is 5.91 Å². The summed E-state index contributed by atoms with van der Waals surface area (Å²) in [4.78, 5) is 14.4. The number of piperidine rings is 1. The van der Waals surface area contributed by atoms with E-state index in [4.69, 9.17) is 4.74 Å². The number of ether oxygens (including phenoxy) is 1. The summed E-state index contributed by atoms with van der Waals surface area (Å²) in [5.74, 6) is -0.505. The predicted octanol–water partition coefficient (Wildman–Crippen LogP) is 2.93. The molecule has 2 saturated heterocycles. The third-order valence-corrected chi connectivity index (χ3v) is 4.14. The Labute approximate surface area is 124 Å². The fourth-order valence-corrected chi connectivity index (χ4v) is 3.02. The first-order valence-corrected chi connectivity index (χ1v) is 7.71. The minimum Gasteiger partial charge on any atom is -0.370 e. The molecule has 3 rings (SSSR count). The number of nitrogens with one attached hydrogen (secondary N) is 1. The molecular weight excluding hydrogens is 271 g/mol. The molecule has 5 heteroatoms. The fourth-order valence-electron chi connectivity index (χ4n) is 3.02. The second kappa shape index (κ2) is 6.43. The van der Waals surface area contributed by atoms with Gasteiger partial charge in [-0.1, -0.05) is 0 Å². The average molecular weight is 292 g/mol. The molecule has 2 aliphatic heterocycles. The highest BCUT2D eigenvalue weighted by Crippen LogP contribution is 2.30. The number of hydrogen-bond acceptors (Lipinski definition) is 3. The molecule has 0 radical (unpaired) electrons. The van der Waals surface area contributed by atoms with Crippen molar-refractivity contribution in [3.8, 4) is 0 Å². The van der Waals surface area contributed by atoms with Crippen LogP contribution in [0.2, 0.25) is 0 Å². The van der Waals surface area contributed by atoms with Gasteiger partial charge in [-0.25, -0.2) is 4.39 Å². The van der Waals surface area contributed by atoms with Gasteiger partial charge in [0, 0.05) is 19.7 Å². The van der Waals surface area contributed by atoms with Crippen LogP contribution in [0, 0.1) is 5.82 Å². The van der Waals surface area contributed by atoms with Crippen LogP contribution in [0.3, 0.4) is 0 Å². The molecule has 0 aliphatic carbocycles. The van der Waals surface area contributed by atoms with Crippen molar-refractivity contribution in [1.29, 1.82) is 0 Å². The van der Waals surface area contributed by atoms with Gasteiger partial charge in [0.2, 0.25) is 0 Å². The van der Waals surface area contributed by atoms with Gasteiger partial charge in [-0.15, -0.1) is 0 Å². The van der Waals surface area contributed by atoms with E-state index in [0.29, 0.717) is 12.3 Å². The first-order chi connectivity index (χ1) is 10.2. The molecule has 1 N–H and O–H groups in total. The van der Waals surface area contributed by atoms with E-state index in [0.717, 1.165) is 44.5 Å². The van der Waals surface area contributed by atoms with Crippen molar-refractivity contribution in [3.63, 3.8) is 0 Å². The molecular formula is C16H21FN2O2. The number of halogens is 1. The summed E-state index contributed by atoms with van der Waals surface area (Å²) >= 11 is 0. The van der Waals surface area contributed by atoms with Gasteiger partial charge in [-0.3, -0.25) is 4.79 Å². The zero-order valence-electron chi connectivity index (χ0n) is 12.1. The number of anilines is 2. The molecule has 1 atom stereocenters. The minimum atomic E-state index is -0.400. The van der Waals surface area contributed by atoms with Crippen molar-refractivity contribution < 1.29 is 13.9 Å². The van der Waals surface area contributed by atoms with Crippen molar-refractivity contribution in [2.75, 3.05) is 29.9 Å². The van der Waals surface area contributed by atoms with Gasteiger partial charge in [0.1, 0.15) is 11.9 Å². The second-order valence-electron chi connectivity index (χ2n) is 5.70.